The summed E-state index contributed by atoms with van der Waals surface area (Å²) >= 11 is 2.99. The van der Waals surface area contributed by atoms with Gasteiger partial charge < -0.3 is 31.9 Å². The standard InChI is InChI=1S/C19H36N4O6S2/c1-10(2)14(19(28)29)22-17(26)13(7-9-31-5)21-18(27)15(11(3)24)23-16(25)12(20)6-8-30-4/h10-15,24H,6-9,20H2,1-5H3,(H,21,27)(H,22,26)(H,23,25)(H,28,29). The van der Waals surface area contributed by atoms with Crippen LogP contribution in [0, 0.1) is 5.92 Å². The predicted octanol–water partition coefficient (Wildman–Crippen LogP) is -0.604. The predicted molar refractivity (Wildman–Crippen MR) is 124 cm³/mol. The number of aliphatic carboxylic acids is 1. The molecule has 0 aromatic carbocycles. The number of nitrogens with two attached hydrogens (primary N) is 1. The maximum absolute atomic E-state index is 12.8. The molecule has 0 bridgehead atoms. The normalized spacial score (nSPS) is 16.0. The Labute approximate surface area is 192 Å². The number of hydrogen-bond donors (Lipinski definition) is 6. The molecular formula is C19H36N4O6S2. The molecule has 12 heteroatoms. The summed E-state index contributed by atoms with van der Waals surface area (Å²) in [4.78, 5) is 49.1. The lowest BCUT2D eigenvalue weighted by molar-refractivity contribution is -0.143. The smallest absolute Gasteiger partial charge is 0.326 e. The molecular weight excluding hydrogens is 444 g/mol. The Kier molecular flexibility index (Phi) is 14.6. The van der Waals surface area contributed by atoms with Crippen molar-refractivity contribution in [3.8, 4) is 0 Å². The Hall–Kier alpha value is -1.50. The van der Waals surface area contributed by atoms with Crippen LogP contribution in [0.25, 0.3) is 0 Å². The van der Waals surface area contributed by atoms with Gasteiger partial charge in [0.2, 0.25) is 17.7 Å². The highest BCUT2D eigenvalue weighted by molar-refractivity contribution is 7.98. The third-order valence-corrected chi connectivity index (χ3v) is 5.79. The van der Waals surface area contributed by atoms with Gasteiger partial charge in [-0.05, 0) is 49.7 Å². The molecule has 0 aliphatic heterocycles. The summed E-state index contributed by atoms with van der Waals surface area (Å²) in [5, 5.41) is 26.7. The molecule has 0 aromatic heterocycles. The highest BCUT2D eigenvalue weighted by atomic mass is 32.2. The molecule has 10 nitrogen and oxygen atoms in total. The molecule has 0 heterocycles. The monoisotopic (exact) mass is 480 g/mol. The third-order valence-electron chi connectivity index (χ3n) is 4.51. The van der Waals surface area contributed by atoms with Gasteiger partial charge in [-0.15, -0.1) is 0 Å². The molecule has 0 saturated carbocycles. The van der Waals surface area contributed by atoms with Crippen molar-refractivity contribution in [3.05, 3.63) is 0 Å². The molecule has 0 spiro atoms. The Balaban J connectivity index is 5.32. The Bertz CT molecular complexity index is 606. The third kappa shape index (κ3) is 11.1. The van der Waals surface area contributed by atoms with Crippen molar-refractivity contribution in [2.24, 2.45) is 11.7 Å². The van der Waals surface area contributed by atoms with Crippen LogP contribution in [-0.4, -0.2) is 88.2 Å². The lowest BCUT2D eigenvalue weighted by atomic mass is 10.0. The summed E-state index contributed by atoms with van der Waals surface area (Å²) < 4.78 is 0. The summed E-state index contributed by atoms with van der Waals surface area (Å²) in [6, 6.07) is -4.27. The van der Waals surface area contributed by atoms with Crippen LogP contribution in [0.3, 0.4) is 0 Å². The number of aliphatic hydroxyl groups is 1. The minimum atomic E-state index is -1.31. The van der Waals surface area contributed by atoms with Gasteiger partial charge in [0, 0.05) is 0 Å². The van der Waals surface area contributed by atoms with Gasteiger partial charge >= 0.3 is 5.97 Å². The topological polar surface area (TPSA) is 171 Å². The molecule has 5 unspecified atom stereocenters. The van der Waals surface area contributed by atoms with E-state index in [2.05, 4.69) is 16.0 Å². The fourth-order valence-electron chi connectivity index (χ4n) is 2.57. The number of thioether (sulfide) groups is 2. The number of amides is 3. The second kappa shape index (κ2) is 15.3. The van der Waals surface area contributed by atoms with Gasteiger partial charge in [-0.25, -0.2) is 4.79 Å². The van der Waals surface area contributed by atoms with Crippen LogP contribution in [0.2, 0.25) is 0 Å². The summed E-state index contributed by atoms with van der Waals surface area (Å²) in [5.74, 6) is -2.31. The van der Waals surface area contributed by atoms with Crippen molar-refractivity contribution < 1.29 is 29.4 Å². The molecule has 31 heavy (non-hydrogen) atoms. The minimum Gasteiger partial charge on any atom is -0.480 e. The zero-order chi connectivity index (χ0) is 24.1. The number of rotatable bonds is 15. The molecule has 0 aromatic rings. The molecule has 0 saturated heterocycles. The lowest BCUT2D eigenvalue weighted by Crippen LogP contribution is -2.60. The summed E-state index contributed by atoms with van der Waals surface area (Å²) in [6.45, 7) is 4.66. The molecule has 0 fully saturated rings. The van der Waals surface area contributed by atoms with E-state index < -0.39 is 54.0 Å². The summed E-state index contributed by atoms with van der Waals surface area (Å²) in [6.07, 6.45) is 3.14. The van der Waals surface area contributed by atoms with Crippen molar-refractivity contribution in [1.29, 1.82) is 0 Å². The number of aliphatic hydroxyl groups excluding tert-OH is 1. The Morgan fingerprint density at radius 3 is 1.81 bits per heavy atom. The lowest BCUT2D eigenvalue weighted by Gasteiger charge is -2.27. The first-order valence-corrected chi connectivity index (χ1v) is 12.8. The van der Waals surface area contributed by atoms with E-state index in [0.717, 1.165) is 0 Å². The second-order valence-electron chi connectivity index (χ2n) is 7.53. The fourth-order valence-corrected chi connectivity index (χ4v) is 3.54. The first-order valence-electron chi connectivity index (χ1n) is 10.0. The van der Waals surface area contributed by atoms with Crippen molar-refractivity contribution in [2.45, 2.75) is 63.9 Å². The molecule has 3 amide bonds. The van der Waals surface area contributed by atoms with E-state index in [0.29, 0.717) is 17.9 Å². The van der Waals surface area contributed by atoms with Crippen molar-refractivity contribution in [2.75, 3.05) is 24.0 Å². The van der Waals surface area contributed by atoms with Gasteiger partial charge in [0.05, 0.1) is 12.1 Å². The van der Waals surface area contributed by atoms with E-state index in [1.165, 1.54) is 30.4 Å². The SMILES string of the molecule is CSCCC(N)C(=O)NC(C(=O)NC(CCSC)C(=O)NC(C(=O)O)C(C)C)C(C)O. The highest BCUT2D eigenvalue weighted by Gasteiger charge is 2.32. The fraction of sp³-hybridized carbons (Fsp3) is 0.789. The summed E-state index contributed by atoms with van der Waals surface area (Å²) in [7, 11) is 0. The molecule has 0 rings (SSSR count). The largest absolute Gasteiger partial charge is 0.480 e. The van der Waals surface area contributed by atoms with Gasteiger partial charge in [-0.2, -0.15) is 23.5 Å². The van der Waals surface area contributed by atoms with E-state index in [4.69, 9.17) is 5.73 Å². The van der Waals surface area contributed by atoms with Crippen LogP contribution in [-0.2, 0) is 19.2 Å². The van der Waals surface area contributed by atoms with Gasteiger partial charge in [-0.1, -0.05) is 13.8 Å². The van der Waals surface area contributed by atoms with Gasteiger partial charge in [0.1, 0.15) is 18.1 Å². The second-order valence-corrected chi connectivity index (χ2v) is 9.50. The van der Waals surface area contributed by atoms with Gasteiger partial charge in [0.15, 0.2) is 0 Å². The quantitative estimate of drug-likeness (QED) is 0.179. The van der Waals surface area contributed by atoms with E-state index in [1.807, 2.05) is 12.5 Å². The Morgan fingerprint density at radius 1 is 0.839 bits per heavy atom. The number of carbonyl (C=O) groups excluding carboxylic acids is 3. The molecule has 0 aliphatic rings. The number of nitrogens with one attached hydrogen (secondary N) is 3. The zero-order valence-corrected chi connectivity index (χ0v) is 20.3. The van der Waals surface area contributed by atoms with Crippen LogP contribution < -0.4 is 21.7 Å². The maximum Gasteiger partial charge on any atom is 0.326 e. The molecule has 180 valence electrons. The first-order chi connectivity index (χ1) is 14.5. The Morgan fingerprint density at radius 2 is 1.35 bits per heavy atom. The zero-order valence-electron chi connectivity index (χ0n) is 18.7. The van der Waals surface area contributed by atoms with E-state index in [9.17, 15) is 29.4 Å². The summed E-state index contributed by atoms with van der Waals surface area (Å²) in [5.41, 5.74) is 5.82. The van der Waals surface area contributed by atoms with Crippen LogP contribution >= 0.6 is 23.5 Å². The highest BCUT2D eigenvalue weighted by Crippen LogP contribution is 2.07. The molecule has 5 atom stereocenters. The van der Waals surface area contributed by atoms with Crippen LogP contribution in [0.15, 0.2) is 0 Å². The number of hydrogen-bond acceptors (Lipinski definition) is 8. The van der Waals surface area contributed by atoms with Crippen LogP contribution in [0.5, 0.6) is 0 Å². The van der Waals surface area contributed by atoms with E-state index in [-0.39, 0.29) is 12.3 Å². The number of carboxylic acids is 1. The maximum atomic E-state index is 12.8. The molecule has 0 radical (unpaired) electrons. The van der Waals surface area contributed by atoms with Crippen LogP contribution in [0.4, 0.5) is 0 Å². The van der Waals surface area contributed by atoms with E-state index >= 15 is 0 Å². The number of carbonyl (C=O) groups is 4. The average Bonchev–Trinajstić information content (AvgIpc) is 2.69. The van der Waals surface area contributed by atoms with Gasteiger partial charge in [0.25, 0.3) is 0 Å². The minimum absolute atomic E-state index is 0.247. The average molecular weight is 481 g/mol. The van der Waals surface area contributed by atoms with Crippen molar-refractivity contribution >= 4 is 47.2 Å². The molecule has 7 N–H and O–H groups in total. The van der Waals surface area contributed by atoms with Crippen molar-refractivity contribution in [1.82, 2.24) is 16.0 Å². The molecule has 0 aliphatic carbocycles. The first kappa shape index (κ1) is 29.5. The van der Waals surface area contributed by atoms with Gasteiger partial charge in [-0.3, -0.25) is 14.4 Å². The van der Waals surface area contributed by atoms with E-state index in [1.54, 1.807) is 13.8 Å². The van der Waals surface area contributed by atoms with Crippen molar-refractivity contribution in [3.63, 3.8) is 0 Å². The number of carboxylic acid groups (broad SMARTS) is 1. The van der Waals surface area contributed by atoms with Crippen LogP contribution in [0.1, 0.15) is 33.6 Å².